The predicted octanol–water partition coefficient (Wildman–Crippen LogP) is 2.23. The van der Waals surface area contributed by atoms with Gasteiger partial charge in [-0.2, -0.15) is 0 Å². The first-order valence-corrected chi connectivity index (χ1v) is 6.07. The van der Waals surface area contributed by atoms with Gasteiger partial charge in [0, 0.05) is 36.6 Å². The molecule has 0 amide bonds. The van der Waals surface area contributed by atoms with E-state index in [4.69, 9.17) is 4.74 Å². The van der Waals surface area contributed by atoms with Gasteiger partial charge < -0.3 is 14.1 Å². The van der Waals surface area contributed by atoms with Crippen LogP contribution in [0, 0.1) is 0 Å². The van der Waals surface area contributed by atoms with Crippen molar-refractivity contribution in [1.82, 2.24) is 9.38 Å². The molecule has 19 heavy (non-hydrogen) atoms. The fraction of sp³-hybridized carbons (Fsp3) is 0.133. The molecule has 0 saturated heterocycles. The third-order valence-corrected chi connectivity index (χ3v) is 3.09. The number of ether oxygens (including phenoxy) is 1. The van der Waals surface area contributed by atoms with Crippen molar-refractivity contribution in [1.29, 1.82) is 0 Å². The Bertz CT molecular complexity index is 754. The van der Waals surface area contributed by atoms with Gasteiger partial charge in [-0.15, -0.1) is 0 Å². The quantitative estimate of drug-likeness (QED) is 0.779. The smallest absolute Gasteiger partial charge is 0.183 e. The van der Waals surface area contributed by atoms with E-state index in [-0.39, 0.29) is 5.43 Å². The topological polar surface area (TPSA) is 46.5 Å². The Morgan fingerprint density at radius 2 is 2.00 bits per heavy atom. The van der Waals surface area contributed by atoms with Crippen LogP contribution in [0.25, 0.3) is 5.65 Å². The lowest BCUT2D eigenvalue weighted by atomic mass is 10.1. The Morgan fingerprint density at radius 3 is 2.74 bits per heavy atom. The predicted molar refractivity (Wildman–Crippen MR) is 73.8 cm³/mol. The first-order valence-electron chi connectivity index (χ1n) is 6.07. The van der Waals surface area contributed by atoms with Crippen LogP contribution >= 0.6 is 0 Å². The maximum absolute atomic E-state index is 11.3. The van der Waals surface area contributed by atoms with Gasteiger partial charge in [0.1, 0.15) is 11.4 Å². The summed E-state index contributed by atoms with van der Waals surface area (Å²) in [5.74, 6) is 0.853. The summed E-state index contributed by atoms with van der Waals surface area (Å²) in [6.07, 6.45) is 4.56. The molecule has 4 nitrogen and oxygen atoms in total. The van der Waals surface area contributed by atoms with E-state index < -0.39 is 0 Å². The van der Waals surface area contributed by atoms with E-state index in [2.05, 4.69) is 4.98 Å². The average molecular weight is 254 g/mol. The van der Waals surface area contributed by atoms with Crippen molar-refractivity contribution in [3.05, 3.63) is 70.3 Å². The molecule has 4 heteroatoms. The Labute approximate surface area is 110 Å². The van der Waals surface area contributed by atoms with Crippen molar-refractivity contribution in [2.75, 3.05) is 7.11 Å². The molecule has 0 bridgehead atoms. The van der Waals surface area contributed by atoms with Gasteiger partial charge in [0.25, 0.3) is 0 Å². The Morgan fingerprint density at radius 1 is 1.21 bits per heavy atom. The highest BCUT2D eigenvalue weighted by atomic mass is 16.5. The molecule has 0 aliphatic heterocycles. The highest BCUT2D eigenvalue weighted by Gasteiger charge is 2.02. The second-order valence-electron chi connectivity index (χ2n) is 4.46. The average Bonchev–Trinajstić information content (AvgIpc) is 2.81. The van der Waals surface area contributed by atoms with Crippen LogP contribution in [0.2, 0.25) is 0 Å². The van der Waals surface area contributed by atoms with E-state index in [1.54, 1.807) is 25.4 Å². The van der Waals surface area contributed by atoms with E-state index in [9.17, 15) is 4.79 Å². The summed E-state index contributed by atoms with van der Waals surface area (Å²) in [5.41, 5.74) is 3.08. The van der Waals surface area contributed by atoms with Gasteiger partial charge in [-0.25, -0.2) is 0 Å². The van der Waals surface area contributed by atoms with E-state index in [0.29, 0.717) is 0 Å². The number of hydrogen-bond acceptors (Lipinski definition) is 2. The zero-order valence-corrected chi connectivity index (χ0v) is 10.6. The van der Waals surface area contributed by atoms with Crippen LogP contribution in [0.5, 0.6) is 5.75 Å². The minimum Gasteiger partial charge on any atom is -0.497 e. The zero-order chi connectivity index (χ0) is 13.2. The number of rotatable bonds is 3. The van der Waals surface area contributed by atoms with Crippen LogP contribution in [0.15, 0.2) is 53.6 Å². The lowest BCUT2D eigenvalue weighted by Gasteiger charge is -2.01. The van der Waals surface area contributed by atoms with Crippen molar-refractivity contribution >= 4 is 5.65 Å². The minimum absolute atomic E-state index is 0.0119. The van der Waals surface area contributed by atoms with Crippen LogP contribution < -0.4 is 10.2 Å². The van der Waals surface area contributed by atoms with Crippen LogP contribution in [0.1, 0.15) is 11.3 Å². The zero-order valence-electron chi connectivity index (χ0n) is 10.6. The standard InChI is InChI=1S/C15H14N2O2/c1-19-14-4-2-11(3-5-14)8-12-10-17-7-6-13(18)9-15(17)16-12/h2-7,9-10,16H,8H2,1H3. The molecule has 1 aromatic carbocycles. The fourth-order valence-corrected chi connectivity index (χ4v) is 2.12. The van der Waals surface area contributed by atoms with Crippen molar-refractivity contribution in [3.8, 4) is 5.75 Å². The summed E-state index contributed by atoms with van der Waals surface area (Å²) in [7, 11) is 1.66. The van der Waals surface area contributed by atoms with E-state index >= 15 is 0 Å². The lowest BCUT2D eigenvalue weighted by Crippen LogP contribution is -1.97. The third kappa shape index (κ3) is 2.38. The summed E-state index contributed by atoms with van der Waals surface area (Å²) >= 11 is 0. The second-order valence-corrected chi connectivity index (χ2v) is 4.46. The van der Waals surface area contributed by atoms with Gasteiger partial charge >= 0.3 is 0 Å². The molecule has 0 fully saturated rings. The SMILES string of the molecule is COc1ccc(Cc2cn3ccc(=O)cc3[nH]2)cc1. The second kappa shape index (κ2) is 4.65. The van der Waals surface area contributed by atoms with Gasteiger partial charge in [-0.1, -0.05) is 12.1 Å². The number of imidazole rings is 1. The molecule has 2 aromatic heterocycles. The van der Waals surface area contributed by atoms with Crippen LogP contribution in [-0.2, 0) is 6.42 Å². The number of pyridine rings is 1. The molecular formula is C15H14N2O2. The van der Waals surface area contributed by atoms with Gasteiger partial charge in [0.15, 0.2) is 5.43 Å². The Balaban J connectivity index is 1.89. The number of aromatic amines is 1. The molecular weight excluding hydrogens is 240 g/mol. The lowest BCUT2D eigenvalue weighted by molar-refractivity contribution is 0.414. The summed E-state index contributed by atoms with van der Waals surface area (Å²) in [6, 6.07) is 11.1. The number of nitrogens with one attached hydrogen (secondary N) is 1. The first-order chi connectivity index (χ1) is 9.24. The molecule has 0 unspecified atom stereocenters. The van der Waals surface area contributed by atoms with E-state index in [1.807, 2.05) is 34.9 Å². The highest BCUT2D eigenvalue weighted by molar-refractivity contribution is 5.40. The molecule has 0 atom stereocenters. The number of methoxy groups -OCH3 is 1. The largest absolute Gasteiger partial charge is 0.497 e. The fourth-order valence-electron chi connectivity index (χ4n) is 2.12. The van der Waals surface area contributed by atoms with E-state index in [0.717, 1.165) is 23.5 Å². The summed E-state index contributed by atoms with van der Waals surface area (Å²) in [5, 5.41) is 0. The minimum atomic E-state index is 0.0119. The Kier molecular flexibility index (Phi) is 2.83. The number of fused-ring (bicyclic) bond motifs is 1. The van der Waals surface area contributed by atoms with Gasteiger partial charge in [-0.05, 0) is 17.7 Å². The molecule has 0 aliphatic carbocycles. The third-order valence-electron chi connectivity index (χ3n) is 3.09. The van der Waals surface area contributed by atoms with Crippen LogP contribution in [-0.4, -0.2) is 16.5 Å². The Hall–Kier alpha value is -2.49. The molecule has 1 N–H and O–H groups in total. The van der Waals surface area contributed by atoms with Crippen molar-refractivity contribution in [2.24, 2.45) is 0 Å². The van der Waals surface area contributed by atoms with Crippen molar-refractivity contribution in [3.63, 3.8) is 0 Å². The number of hydrogen-bond donors (Lipinski definition) is 1. The maximum atomic E-state index is 11.3. The normalized spacial score (nSPS) is 10.8. The van der Waals surface area contributed by atoms with Crippen molar-refractivity contribution in [2.45, 2.75) is 6.42 Å². The molecule has 0 saturated carbocycles. The molecule has 3 aromatic rings. The molecule has 96 valence electrons. The first kappa shape index (κ1) is 11.6. The monoisotopic (exact) mass is 254 g/mol. The number of H-pyrrole nitrogens is 1. The number of nitrogens with zero attached hydrogens (tertiary/aromatic N) is 1. The summed E-state index contributed by atoms with van der Waals surface area (Å²) in [4.78, 5) is 14.5. The summed E-state index contributed by atoms with van der Waals surface area (Å²) < 4.78 is 7.05. The molecule has 0 radical (unpaired) electrons. The van der Waals surface area contributed by atoms with Crippen molar-refractivity contribution < 1.29 is 4.74 Å². The van der Waals surface area contributed by atoms with Gasteiger partial charge in [0.05, 0.1) is 7.11 Å². The maximum Gasteiger partial charge on any atom is 0.183 e. The van der Waals surface area contributed by atoms with Gasteiger partial charge in [-0.3, -0.25) is 4.79 Å². The molecule has 0 aliphatic rings. The number of benzene rings is 1. The van der Waals surface area contributed by atoms with E-state index in [1.165, 1.54) is 5.56 Å². The molecule has 2 heterocycles. The van der Waals surface area contributed by atoms with Crippen LogP contribution in [0.3, 0.4) is 0 Å². The van der Waals surface area contributed by atoms with Gasteiger partial charge in [0.2, 0.25) is 0 Å². The molecule has 0 spiro atoms. The van der Waals surface area contributed by atoms with Crippen LogP contribution in [0.4, 0.5) is 0 Å². The highest BCUT2D eigenvalue weighted by Crippen LogP contribution is 2.14. The summed E-state index contributed by atoms with van der Waals surface area (Å²) in [6.45, 7) is 0. The number of aromatic nitrogens is 2. The molecule has 3 rings (SSSR count).